The van der Waals surface area contributed by atoms with Gasteiger partial charge in [-0.05, 0) is 12.1 Å². The predicted octanol–water partition coefficient (Wildman–Crippen LogP) is 1.82. The molecule has 0 radical (unpaired) electrons. The molecule has 1 aliphatic rings. The van der Waals surface area contributed by atoms with Crippen LogP contribution in [0.25, 0.3) is 0 Å². The smallest absolute Gasteiger partial charge is 0.224 e. The van der Waals surface area contributed by atoms with Gasteiger partial charge in [-0.15, -0.1) is 0 Å². The summed E-state index contributed by atoms with van der Waals surface area (Å²) >= 11 is 5.96. The predicted molar refractivity (Wildman–Crippen MR) is 75.1 cm³/mol. The van der Waals surface area contributed by atoms with Crippen LogP contribution in [0.3, 0.4) is 0 Å². The molecule has 1 aromatic rings. The molecular formula is C14H18ClFN2O2. The molecule has 6 heteroatoms. The van der Waals surface area contributed by atoms with E-state index in [1.54, 1.807) is 19.2 Å². The first-order valence-corrected chi connectivity index (χ1v) is 6.93. The van der Waals surface area contributed by atoms with Crippen molar-refractivity contribution in [3.05, 3.63) is 34.6 Å². The molecule has 110 valence electrons. The van der Waals surface area contributed by atoms with Crippen molar-refractivity contribution < 1.29 is 13.9 Å². The average Bonchev–Trinajstić information content (AvgIpc) is 2.44. The molecule has 4 nitrogen and oxygen atoms in total. The van der Waals surface area contributed by atoms with Crippen molar-refractivity contribution in [2.45, 2.75) is 19.0 Å². The van der Waals surface area contributed by atoms with Crippen molar-refractivity contribution in [2.24, 2.45) is 0 Å². The highest BCUT2D eigenvalue weighted by Gasteiger charge is 2.20. The van der Waals surface area contributed by atoms with Gasteiger partial charge in [0.15, 0.2) is 0 Å². The van der Waals surface area contributed by atoms with Crippen molar-refractivity contribution in [2.75, 3.05) is 26.8 Å². The number of rotatable bonds is 4. The van der Waals surface area contributed by atoms with E-state index in [4.69, 9.17) is 16.3 Å². The second kappa shape index (κ2) is 7.02. The van der Waals surface area contributed by atoms with Crippen molar-refractivity contribution in [1.29, 1.82) is 0 Å². The molecule has 0 saturated carbocycles. The minimum atomic E-state index is -0.392. The number of amides is 1. The Labute approximate surface area is 122 Å². The number of morpholine rings is 1. The van der Waals surface area contributed by atoms with E-state index >= 15 is 0 Å². The summed E-state index contributed by atoms with van der Waals surface area (Å²) in [7, 11) is 1.65. The Morgan fingerprint density at radius 2 is 2.40 bits per heavy atom. The highest BCUT2D eigenvalue weighted by atomic mass is 35.5. The number of nitrogens with zero attached hydrogens (tertiary/aromatic N) is 1. The van der Waals surface area contributed by atoms with E-state index in [1.807, 2.05) is 0 Å². The summed E-state index contributed by atoms with van der Waals surface area (Å²) in [4.78, 5) is 13.6. The van der Waals surface area contributed by atoms with Crippen molar-refractivity contribution >= 4 is 17.5 Å². The molecule has 1 fully saturated rings. The summed E-state index contributed by atoms with van der Waals surface area (Å²) < 4.78 is 19.0. The van der Waals surface area contributed by atoms with E-state index in [0.29, 0.717) is 30.2 Å². The van der Waals surface area contributed by atoms with Gasteiger partial charge in [0.25, 0.3) is 0 Å². The maximum absolute atomic E-state index is 13.7. The Kier molecular flexibility index (Phi) is 5.34. The number of ether oxygens (including phenoxy) is 1. The van der Waals surface area contributed by atoms with Gasteiger partial charge in [-0.25, -0.2) is 4.39 Å². The lowest BCUT2D eigenvalue weighted by Gasteiger charge is -2.26. The molecule has 0 spiro atoms. The van der Waals surface area contributed by atoms with Crippen LogP contribution in [0.15, 0.2) is 18.2 Å². The fourth-order valence-corrected chi connectivity index (χ4v) is 2.35. The van der Waals surface area contributed by atoms with Gasteiger partial charge >= 0.3 is 0 Å². The van der Waals surface area contributed by atoms with Gasteiger partial charge in [-0.3, -0.25) is 4.79 Å². The van der Waals surface area contributed by atoms with Crippen molar-refractivity contribution in [3.63, 3.8) is 0 Å². The van der Waals surface area contributed by atoms with Crippen LogP contribution in [0.4, 0.5) is 4.39 Å². The molecule has 2 rings (SSSR count). The topological polar surface area (TPSA) is 41.6 Å². The third-order valence-corrected chi connectivity index (χ3v) is 3.66. The molecule has 1 amide bonds. The van der Waals surface area contributed by atoms with Crippen LogP contribution < -0.4 is 5.32 Å². The third-order valence-electron chi connectivity index (χ3n) is 3.30. The zero-order valence-corrected chi connectivity index (χ0v) is 12.1. The number of hydrogen-bond donors (Lipinski definition) is 1. The van der Waals surface area contributed by atoms with E-state index in [2.05, 4.69) is 5.32 Å². The molecule has 0 bridgehead atoms. The fourth-order valence-electron chi connectivity index (χ4n) is 2.13. The van der Waals surface area contributed by atoms with Gasteiger partial charge in [-0.1, -0.05) is 17.7 Å². The highest BCUT2D eigenvalue weighted by Crippen LogP contribution is 2.20. The SMILES string of the molecule is CN(Cc1c(F)cccc1Cl)C(=O)CC1COCCN1. The Balaban J connectivity index is 1.93. The second-order valence-corrected chi connectivity index (χ2v) is 5.29. The van der Waals surface area contributed by atoms with Gasteiger partial charge in [-0.2, -0.15) is 0 Å². The fraction of sp³-hybridized carbons (Fsp3) is 0.500. The number of nitrogens with one attached hydrogen (secondary N) is 1. The molecular weight excluding hydrogens is 283 g/mol. The number of carbonyl (C=O) groups excluding carboxylic acids is 1. The molecule has 1 atom stereocenters. The molecule has 0 aliphatic carbocycles. The summed E-state index contributed by atoms with van der Waals surface area (Å²) in [5.74, 6) is -0.455. The summed E-state index contributed by atoms with van der Waals surface area (Å²) in [6.45, 7) is 2.12. The van der Waals surface area contributed by atoms with Crippen LogP contribution >= 0.6 is 11.6 Å². The lowest BCUT2D eigenvalue weighted by atomic mass is 10.1. The van der Waals surface area contributed by atoms with Gasteiger partial charge < -0.3 is 15.0 Å². The van der Waals surface area contributed by atoms with Gasteiger partial charge in [0.2, 0.25) is 5.91 Å². The number of benzene rings is 1. The minimum absolute atomic E-state index is 0.0230. The number of carbonyl (C=O) groups is 1. The molecule has 1 N–H and O–H groups in total. The normalized spacial score (nSPS) is 18.9. The first-order valence-electron chi connectivity index (χ1n) is 6.56. The molecule has 1 aliphatic heterocycles. The Bertz CT molecular complexity index is 458. The van der Waals surface area contributed by atoms with Gasteiger partial charge in [0.1, 0.15) is 5.82 Å². The molecule has 0 aromatic heterocycles. The van der Waals surface area contributed by atoms with Crippen molar-refractivity contribution in [1.82, 2.24) is 10.2 Å². The number of halogens is 2. The maximum atomic E-state index is 13.7. The zero-order chi connectivity index (χ0) is 14.5. The highest BCUT2D eigenvalue weighted by molar-refractivity contribution is 6.31. The first kappa shape index (κ1) is 15.2. The third kappa shape index (κ3) is 3.91. The largest absolute Gasteiger partial charge is 0.378 e. The van der Waals surface area contributed by atoms with Crippen molar-refractivity contribution in [3.8, 4) is 0 Å². The van der Waals surface area contributed by atoms with E-state index in [0.717, 1.165) is 6.54 Å². The van der Waals surface area contributed by atoms with Crippen LogP contribution in [0.5, 0.6) is 0 Å². The van der Waals surface area contributed by atoms with E-state index in [9.17, 15) is 9.18 Å². The van der Waals surface area contributed by atoms with E-state index in [-0.39, 0.29) is 18.5 Å². The molecule has 1 aromatic carbocycles. The number of hydrogen-bond acceptors (Lipinski definition) is 3. The Morgan fingerprint density at radius 3 is 3.05 bits per heavy atom. The van der Waals surface area contributed by atoms with Crippen LogP contribution in [0.1, 0.15) is 12.0 Å². The van der Waals surface area contributed by atoms with Gasteiger partial charge in [0.05, 0.1) is 13.2 Å². The summed E-state index contributed by atoms with van der Waals surface area (Å²) in [6, 6.07) is 4.53. The first-order chi connectivity index (χ1) is 9.58. The molecule has 1 unspecified atom stereocenters. The second-order valence-electron chi connectivity index (χ2n) is 4.88. The summed E-state index contributed by atoms with van der Waals surface area (Å²) in [5.41, 5.74) is 0.345. The lowest BCUT2D eigenvalue weighted by Crippen LogP contribution is -2.44. The lowest BCUT2D eigenvalue weighted by molar-refractivity contribution is -0.131. The average molecular weight is 301 g/mol. The molecule has 1 saturated heterocycles. The molecule has 1 heterocycles. The Morgan fingerprint density at radius 1 is 1.60 bits per heavy atom. The van der Waals surface area contributed by atoms with Crippen LogP contribution in [-0.2, 0) is 16.1 Å². The monoisotopic (exact) mass is 300 g/mol. The Hall–Kier alpha value is -1.17. The minimum Gasteiger partial charge on any atom is -0.378 e. The summed E-state index contributed by atoms with van der Waals surface area (Å²) in [5, 5.41) is 3.56. The molecule has 20 heavy (non-hydrogen) atoms. The van der Waals surface area contributed by atoms with Crippen LogP contribution in [0, 0.1) is 5.82 Å². The van der Waals surface area contributed by atoms with E-state index in [1.165, 1.54) is 11.0 Å². The standard InChI is InChI=1S/C14H18ClFN2O2/c1-18(8-11-12(15)3-2-4-13(11)16)14(19)7-10-9-20-6-5-17-10/h2-4,10,17H,5-9H2,1H3. The van der Waals surface area contributed by atoms with Crippen LogP contribution in [-0.4, -0.2) is 43.7 Å². The maximum Gasteiger partial charge on any atom is 0.224 e. The quantitative estimate of drug-likeness (QED) is 0.922. The zero-order valence-electron chi connectivity index (χ0n) is 11.4. The summed E-state index contributed by atoms with van der Waals surface area (Å²) in [6.07, 6.45) is 0.336. The van der Waals surface area contributed by atoms with Crippen LogP contribution in [0.2, 0.25) is 5.02 Å². The van der Waals surface area contributed by atoms with E-state index < -0.39 is 5.82 Å². The van der Waals surface area contributed by atoms with Gasteiger partial charge in [0, 0.05) is 43.2 Å².